The standard InChI is InChI=1S/C41H27NS/c1-41(2)31-15-7-5-14-29(31)39-37-25(11-9-16-32(37)41)22-34-40(39)38-27-12-4-3-10-24(27)18-20-33(38)42(34)26-19-21-36-30(23-26)28-13-6-8-17-35(28)43-36/h3-23H,1-2H3. The third-order valence-electron chi connectivity index (χ3n) is 9.95. The Morgan fingerprint density at radius 2 is 1.26 bits per heavy atom. The van der Waals surface area contributed by atoms with Crippen LogP contribution >= 0.6 is 11.3 Å². The number of aromatic nitrogens is 1. The number of thiophene rings is 1. The van der Waals surface area contributed by atoms with E-state index in [-0.39, 0.29) is 5.41 Å². The molecular formula is C41H27NS. The molecule has 0 amide bonds. The van der Waals surface area contributed by atoms with Crippen molar-refractivity contribution in [2.75, 3.05) is 0 Å². The molecule has 0 N–H and O–H groups in total. The Kier molecular flexibility index (Phi) is 4.46. The lowest BCUT2D eigenvalue weighted by Crippen LogP contribution is -2.23. The van der Waals surface area contributed by atoms with Crippen LogP contribution in [0.2, 0.25) is 0 Å². The van der Waals surface area contributed by atoms with Crippen LogP contribution in [-0.2, 0) is 5.41 Å². The first-order valence-corrected chi connectivity index (χ1v) is 15.8. The average molecular weight is 566 g/mol. The molecule has 0 radical (unpaired) electrons. The molecule has 0 saturated heterocycles. The Morgan fingerprint density at radius 3 is 2.19 bits per heavy atom. The van der Waals surface area contributed by atoms with E-state index < -0.39 is 0 Å². The second-order valence-corrected chi connectivity index (χ2v) is 13.6. The number of rotatable bonds is 1. The summed E-state index contributed by atoms with van der Waals surface area (Å²) >= 11 is 1.88. The first kappa shape index (κ1) is 23.6. The molecule has 0 aliphatic heterocycles. The molecule has 1 nitrogen and oxygen atoms in total. The lowest BCUT2D eigenvalue weighted by Gasteiger charge is -2.35. The van der Waals surface area contributed by atoms with Gasteiger partial charge in [0.15, 0.2) is 0 Å². The Hall–Kier alpha value is -4.92. The van der Waals surface area contributed by atoms with Gasteiger partial charge < -0.3 is 4.57 Å². The van der Waals surface area contributed by atoms with Gasteiger partial charge in [-0.1, -0.05) is 105 Å². The highest BCUT2D eigenvalue weighted by Crippen LogP contribution is 2.53. The third kappa shape index (κ3) is 2.96. The number of hydrogen-bond acceptors (Lipinski definition) is 1. The van der Waals surface area contributed by atoms with Gasteiger partial charge in [-0.2, -0.15) is 0 Å². The smallest absolute Gasteiger partial charge is 0.0553 e. The van der Waals surface area contributed by atoms with E-state index >= 15 is 0 Å². The minimum absolute atomic E-state index is 0.0811. The van der Waals surface area contributed by atoms with Crippen molar-refractivity contribution in [2.24, 2.45) is 0 Å². The minimum atomic E-state index is -0.0811. The van der Waals surface area contributed by atoms with Crippen molar-refractivity contribution in [3.63, 3.8) is 0 Å². The molecule has 0 spiro atoms. The predicted octanol–water partition coefficient (Wildman–Crippen LogP) is 11.8. The van der Waals surface area contributed by atoms with E-state index in [0.717, 1.165) is 0 Å². The second kappa shape index (κ2) is 8.12. The summed E-state index contributed by atoms with van der Waals surface area (Å²) in [5.74, 6) is 0. The molecule has 7 aromatic carbocycles. The Morgan fingerprint density at radius 1 is 0.512 bits per heavy atom. The van der Waals surface area contributed by atoms with Gasteiger partial charge in [0, 0.05) is 47.6 Å². The van der Waals surface area contributed by atoms with Crippen LogP contribution in [0.3, 0.4) is 0 Å². The molecule has 10 rings (SSSR count). The van der Waals surface area contributed by atoms with Crippen LogP contribution in [0.5, 0.6) is 0 Å². The van der Waals surface area contributed by atoms with Gasteiger partial charge in [-0.3, -0.25) is 0 Å². The average Bonchev–Trinajstić information content (AvgIpc) is 3.58. The molecule has 0 unspecified atom stereocenters. The molecule has 2 heteroatoms. The fourth-order valence-corrected chi connectivity index (χ4v) is 9.11. The normalized spacial score (nSPS) is 14.0. The van der Waals surface area contributed by atoms with E-state index in [2.05, 4.69) is 146 Å². The van der Waals surface area contributed by atoms with E-state index in [1.54, 1.807) is 0 Å². The van der Waals surface area contributed by atoms with Crippen LogP contribution in [-0.4, -0.2) is 4.57 Å². The molecule has 1 aliphatic carbocycles. The summed E-state index contributed by atoms with van der Waals surface area (Å²) in [4.78, 5) is 0. The lowest BCUT2D eigenvalue weighted by molar-refractivity contribution is 0.645. The van der Waals surface area contributed by atoms with Gasteiger partial charge in [-0.15, -0.1) is 11.3 Å². The highest BCUT2D eigenvalue weighted by atomic mass is 32.1. The number of benzene rings is 7. The summed E-state index contributed by atoms with van der Waals surface area (Å²) in [6.07, 6.45) is 0. The van der Waals surface area contributed by atoms with Crippen molar-refractivity contribution in [2.45, 2.75) is 19.3 Å². The van der Waals surface area contributed by atoms with E-state index in [1.165, 1.54) is 91.5 Å². The van der Waals surface area contributed by atoms with Crippen LogP contribution in [0.15, 0.2) is 127 Å². The van der Waals surface area contributed by atoms with Crippen LogP contribution in [0, 0.1) is 0 Å². The quantitative estimate of drug-likeness (QED) is 0.187. The molecule has 0 atom stereocenters. The maximum absolute atomic E-state index is 2.52. The monoisotopic (exact) mass is 565 g/mol. The van der Waals surface area contributed by atoms with E-state index in [4.69, 9.17) is 0 Å². The summed E-state index contributed by atoms with van der Waals surface area (Å²) in [6, 6.07) is 47.8. The Labute approximate surface area is 253 Å². The fourth-order valence-electron chi connectivity index (χ4n) is 8.02. The van der Waals surface area contributed by atoms with Gasteiger partial charge in [0.2, 0.25) is 0 Å². The number of hydrogen-bond donors (Lipinski definition) is 0. The van der Waals surface area contributed by atoms with Gasteiger partial charge in [-0.25, -0.2) is 0 Å². The zero-order chi connectivity index (χ0) is 28.4. The third-order valence-corrected chi connectivity index (χ3v) is 11.1. The van der Waals surface area contributed by atoms with E-state index in [0.29, 0.717) is 0 Å². The lowest BCUT2D eigenvalue weighted by atomic mass is 9.68. The summed E-state index contributed by atoms with van der Waals surface area (Å²) in [5, 5.41) is 10.6. The highest BCUT2D eigenvalue weighted by Gasteiger charge is 2.35. The molecule has 2 aromatic heterocycles. The Bertz CT molecular complexity index is 2650. The topological polar surface area (TPSA) is 4.93 Å². The van der Waals surface area contributed by atoms with Crippen LogP contribution in [0.1, 0.15) is 25.0 Å². The van der Waals surface area contributed by atoms with Gasteiger partial charge in [0.1, 0.15) is 0 Å². The SMILES string of the molecule is CC1(C)c2ccccc2-c2c3c1cccc3cc1c2c2c3ccccc3ccc2n1-c1ccc2sc3ccccc3c2c1. The van der Waals surface area contributed by atoms with Gasteiger partial charge >= 0.3 is 0 Å². The predicted molar refractivity (Wildman–Crippen MR) is 186 cm³/mol. The molecule has 43 heavy (non-hydrogen) atoms. The van der Waals surface area contributed by atoms with E-state index in [1.807, 2.05) is 11.3 Å². The maximum Gasteiger partial charge on any atom is 0.0553 e. The molecule has 1 aliphatic rings. The fraction of sp³-hybridized carbons (Fsp3) is 0.0732. The molecule has 202 valence electrons. The minimum Gasteiger partial charge on any atom is -0.309 e. The van der Waals surface area contributed by atoms with Crippen molar-refractivity contribution in [3.05, 3.63) is 139 Å². The zero-order valence-electron chi connectivity index (χ0n) is 24.0. The van der Waals surface area contributed by atoms with Crippen LogP contribution in [0.25, 0.3) is 80.3 Å². The van der Waals surface area contributed by atoms with Crippen LogP contribution < -0.4 is 0 Å². The van der Waals surface area contributed by atoms with Gasteiger partial charge in [0.05, 0.1) is 11.0 Å². The zero-order valence-corrected chi connectivity index (χ0v) is 24.8. The van der Waals surface area contributed by atoms with Crippen molar-refractivity contribution in [1.29, 1.82) is 0 Å². The van der Waals surface area contributed by atoms with Crippen molar-refractivity contribution < 1.29 is 0 Å². The van der Waals surface area contributed by atoms with Gasteiger partial charge in [0.25, 0.3) is 0 Å². The molecule has 0 saturated carbocycles. The van der Waals surface area contributed by atoms with Crippen molar-refractivity contribution in [3.8, 4) is 16.8 Å². The van der Waals surface area contributed by atoms with Crippen molar-refractivity contribution in [1.82, 2.24) is 4.57 Å². The molecule has 0 fully saturated rings. The number of nitrogens with zero attached hydrogens (tertiary/aromatic N) is 1. The molecule has 2 heterocycles. The summed E-state index contributed by atoms with van der Waals surface area (Å²) in [6.45, 7) is 4.76. The van der Waals surface area contributed by atoms with Crippen molar-refractivity contribution >= 4 is 74.9 Å². The highest BCUT2D eigenvalue weighted by molar-refractivity contribution is 7.25. The molecular weight excluding hydrogens is 539 g/mol. The Balaban J connectivity index is 1.46. The first-order valence-electron chi connectivity index (χ1n) is 15.0. The molecule has 9 aromatic rings. The maximum atomic E-state index is 2.52. The van der Waals surface area contributed by atoms with E-state index in [9.17, 15) is 0 Å². The summed E-state index contributed by atoms with van der Waals surface area (Å²) in [7, 11) is 0. The van der Waals surface area contributed by atoms with Crippen LogP contribution in [0.4, 0.5) is 0 Å². The van der Waals surface area contributed by atoms with Gasteiger partial charge in [-0.05, 0) is 74.6 Å². The second-order valence-electron chi connectivity index (χ2n) is 12.5. The summed E-state index contributed by atoms with van der Waals surface area (Å²) < 4.78 is 5.19. The molecule has 0 bridgehead atoms. The number of fused-ring (bicyclic) bond motifs is 11. The first-order chi connectivity index (χ1) is 21.1. The largest absolute Gasteiger partial charge is 0.309 e. The summed E-state index contributed by atoms with van der Waals surface area (Å²) in [5.41, 5.74) is 9.18.